The third-order valence-electron chi connectivity index (χ3n) is 1.94. The van der Waals surface area contributed by atoms with E-state index in [0.717, 1.165) is 23.6 Å². The first-order valence-electron chi connectivity index (χ1n) is 3.93. The average Bonchev–Trinajstić information content (AvgIpc) is 2.31. The van der Waals surface area contributed by atoms with Crippen LogP contribution < -0.4 is 5.73 Å². The Labute approximate surface area is 67.0 Å². The first kappa shape index (κ1) is 8.27. The van der Waals surface area contributed by atoms with Gasteiger partial charge >= 0.3 is 0 Å². The van der Waals surface area contributed by atoms with Crippen LogP contribution >= 0.6 is 0 Å². The molecule has 62 valence electrons. The first-order chi connectivity index (χ1) is 5.15. The molecule has 1 rings (SSSR count). The highest BCUT2D eigenvalue weighted by Gasteiger charge is 2.08. The third-order valence-corrected chi connectivity index (χ3v) is 1.94. The van der Waals surface area contributed by atoms with E-state index in [-0.39, 0.29) is 6.04 Å². The van der Waals surface area contributed by atoms with Crippen LogP contribution in [0.2, 0.25) is 0 Å². The minimum Gasteiger partial charge on any atom is -0.345 e. The zero-order valence-corrected chi connectivity index (χ0v) is 7.31. The molecular weight excluding hydrogens is 138 g/mol. The van der Waals surface area contributed by atoms with Crippen LogP contribution in [0.3, 0.4) is 0 Å². The number of H-pyrrole nitrogens is 1. The van der Waals surface area contributed by atoms with E-state index in [1.54, 1.807) is 0 Å². The number of nitrogens with two attached hydrogens (primary N) is 1. The number of aromatic amines is 1. The number of rotatable bonds is 2. The molecule has 0 fully saturated rings. The normalized spacial score (nSPS) is 13.5. The van der Waals surface area contributed by atoms with Crippen LogP contribution in [-0.2, 0) is 0 Å². The molecule has 0 spiro atoms. The largest absolute Gasteiger partial charge is 0.345 e. The maximum absolute atomic E-state index is 5.78. The summed E-state index contributed by atoms with van der Waals surface area (Å²) in [6.45, 7) is 6.05. The van der Waals surface area contributed by atoms with Crippen LogP contribution in [0, 0.1) is 13.8 Å². The maximum Gasteiger partial charge on any atom is 0.123 e. The molecule has 1 aromatic rings. The molecule has 0 amide bonds. The van der Waals surface area contributed by atoms with Crippen molar-refractivity contribution in [3.8, 4) is 0 Å². The van der Waals surface area contributed by atoms with Gasteiger partial charge in [-0.3, -0.25) is 0 Å². The molecule has 0 radical (unpaired) electrons. The zero-order valence-electron chi connectivity index (χ0n) is 7.31. The van der Waals surface area contributed by atoms with Crippen LogP contribution in [0.15, 0.2) is 0 Å². The summed E-state index contributed by atoms with van der Waals surface area (Å²) in [6.07, 6.45) is 0.923. The molecule has 3 N–H and O–H groups in total. The molecule has 3 heteroatoms. The van der Waals surface area contributed by atoms with E-state index in [9.17, 15) is 0 Å². The van der Waals surface area contributed by atoms with Crippen molar-refractivity contribution in [1.82, 2.24) is 9.97 Å². The van der Waals surface area contributed by atoms with Crippen LogP contribution in [0.5, 0.6) is 0 Å². The third kappa shape index (κ3) is 1.60. The number of nitrogens with one attached hydrogen (secondary N) is 1. The summed E-state index contributed by atoms with van der Waals surface area (Å²) in [6, 6.07) is 0.0578. The van der Waals surface area contributed by atoms with Gasteiger partial charge in [-0.1, -0.05) is 6.92 Å². The highest BCUT2D eigenvalue weighted by atomic mass is 15.0. The first-order valence-corrected chi connectivity index (χ1v) is 3.93. The van der Waals surface area contributed by atoms with Crippen LogP contribution in [-0.4, -0.2) is 9.97 Å². The fourth-order valence-corrected chi connectivity index (χ4v) is 0.944. The topological polar surface area (TPSA) is 54.7 Å². The van der Waals surface area contributed by atoms with Gasteiger partial charge in [0.05, 0.1) is 11.7 Å². The van der Waals surface area contributed by atoms with Gasteiger partial charge < -0.3 is 10.7 Å². The number of nitrogens with zero attached hydrogens (tertiary/aromatic N) is 1. The van der Waals surface area contributed by atoms with Gasteiger partial charge in [0, 0.05) is 5.69 Å². The van der Waals surface area contributed by atoms with Gasteiger partial charge in [0.1, 0.15) is 5.82 Å². The number of imidazole rings is 1. The lowest BCUT2D eigenvalue weighted by molar-refractivity contribution is 0.656. The highest BCUT2D eigenvalue weighted by molar-refractivity contribution is 5.12. The van der Waals surface area contributed by atoms with E-state index in [1.807, 2.05) is 13.8 Å². The van der Waals surface area contributed by atoms with Crippen LogP contribution in [0.1, 0.15) is 36.6 Å². The van der Waals surface area contributed by atoms with Gasteiger partial charge in [0.15, 0.2) is 0 Å². The highest BCUT2D eigenvalue weighted by Crippen LogP contribution is 2.11. The molecule has 1 heterocycles. The lowest BCUT2D eigenvalue weighted by Gasteiger charge is -2.02. The minimum atomic E-state index is 0.0578. The fraction of sp³-hybridized carbons (Fsp3) is 0.625. The van der Waals surface area contributed by atoms with Crippen molar-refractivity contribution < 1.29 is 0 Å². The Bertz CT molecular complexity index is 220. The molecule has 11 heavy (non-hydrogen) atoms. The minimum absolute atomic E-state index is 0.0578. The molecule has 0 saturated heterocycles. The van der Waals surface area contributed by atoms with E-state index in [0.29, 0.717) is 0 Å². The van der Waals surface area contributed by atoms with Crippen molar-refractivity contribution >= 4 is 0 Å². The predicted octanol–water partition coefficient (Wildman–Crippen LogP) is 1.44. The molecule has 0 aliphatic heterocycles. The van der Waals surface area contributed by atoms with Gasteiger partial charge in [0.2, 0.25) is 0 Å². The lowest BCUT2D eigenvalue weighted by atomic mass is 10.2. The second kappa shape index (κ2) is 3.05. The Hall–Kier alpha value is -0.830. The molecule has 3 nitrogen and oxygen atoms in total. The number of aromatic nitrogens is 2. The molecule has 0 aromatic carbocycles. The standard InChI is InChI=1S/C8H15N3/c1-4-7(9)8-10-5(2)6(3)11-8/h7H,4,9H2,1-3H3,(H,10,11). The van der Waals surface area contributed by atoms with Crippen molar-refractivity contribution in [2.75, 3.05) is 0 Å². The number of hydrogen-bond acceptors (Lipinski definition) is 2. The Morgan fingerprint density at radius 2 is 2.18 bits per heavy atom. The van der Waals surface area contributed by atoms with Gasteiger partial charge in [0.25, 0.3) is 0 Å². The predicted molar refractivity (Wildman–Crippen MR) is 45.3 cm³/mol. The summed E-state index contributed by atoms with van der Waals surface area (Å²) in [5, 5.41) is 0. The second-order valence-electron chi connectivity index (χ2n) is 2.85. The van der Waals surface area contributed by atoms with E-state index >= 15 is 0 Å². The maximum atomic E-state index is 5.78. The van der Waals surface area contributed by atoms with E-state index in [1.165, 1.54) is 0 Å². The van der Waals surface area contributed by atoms with Crippen molar-refractivity contribution in [1.29, 1.82) is 0 Å². The van der Waals surface area contributed by atoms with Crippen molar-refractivity contribution in [2.24, 2.45) is 5.73 Å². The summed E-state index contributed by atoms with van der Waals surface area (Å²) < 4.78 is 0. The summed E-state index contributed by atoms with van der Waals surface area (Å²) in [7, 11) is 0. The monoisotopic (exact) mass is 153 g/mol. The fourth-order valence-electron chi connectivity index (χ4n) is 0.944. The molecule has 0 aliphatic rings. The van der Waals surface area contributed by atoms with Gasteiger partial charge in [-0.25, -0.2) is 4.98 Å². The Balaban J connectivity index is 2.88. The van der Waals surface area contributed by atoms with Crippen molar-refractivity contribution in [2.45, 2.75) is 33.2 Å². The lowest BCUT2D eigenvalue weighted by Crippen LogP contribution is -2.10. The second-order valence-corrected chi connectivity index (χ2v) is 2.85. The summed E-state index contributed by atoms with van der Waals surface area (Å²) >= 11 is 0. The molecule has 0 aliphatic carbocycles. The van der Waals surface area contributed by atoms with E-state index in [2.05, 4.69) is 16.9 Å². The molecule has 1 atom stereocenters. The molecule has 1 unspecified atom stereocenters. The number of hydrogen-bond donors (Lipinski definition) is 2. The zero-order chi connectivity index (χ0) is 8.43. The Morgan fingerprint density at radius 1 is 1.55 bits per heavy atom. The summed E-state index contributed by atoms with van der Waals surface area (Å²) in [5.74, 6) is 0.905. The van der Waals surface area contributed by atoms with Crippen molar-refractivity contribution in [3.63, 3.8) is 0 Å². The van der Waals surface area contributed by atoms with E-state index in [4.69, 9.17) is 5.73 Å². The van der Waals surface area contributed by atoms with Crippen LogP contribution in [0.25, 0.3) is 0 Å². The molecular formula is C8H15N3. The summed E-state index contributed by atoms with van der Waals surface area (Å²) in [4.78, 5) is 7.46. The van der Waals surface area contributed by atoms with Gasteiger partial charge in [-0.05, 0) is 20.3 Å². The Morgan fingerprint density at radius 3 is 2.55 bits per heavy atom. The molecule has 0 bridgehead atoms. The average molecular weight is 153 g/mol. The van der Waals surface area contributed by atoms with Gasteiger partial charge in [-0.2, -0.15) is 0 Å². The smallest absolute Gasteiger partial charge is 0.123 e. The molecule has 1 aromatic heterocycles. The quantitative estimate of drug-likeness (QED) is 0.675. The van der Waals surface area contributed by atoms with Crippen molar-refractivity contribution in [3.05, 3.63) is 17.2 Å². The van der Waals surface area contributed by atoms with Gasteiger partial charge in [-0.15, -0.1) is 0 Å². The van der Waals surface area contributed by atoms with Crippen LogP contribution in [0.4, 0.5) is 0 Å². The number of aryl methyl sites for hydroxylation is 2. The SMILES string of the molecule is CCC(N)c1nc(C)c(C)[nH]1. The van der Waals surface area contributed by atoms with E-state index < -0.39 is 0 Å². The summed E-state index contributed by atoms with van der Waals surface area (Å²) in [5.41, 5.74) is 7.94. The Kier molecular flexibility index (Phi) is 2.29. The molecule has 0 saturated carbocycles.